The van der Waals surface area contributed by atoms with Crippen LogP contribution in [-0.4, -0.2) is 19.7 Å². The minimum Gasteiger partial charge on any atom is -0.323 e. The fraction of sp³-hybridized carbons (Fsp3) is 0.281. The van der Waals surface area contributed by atoms with E-state index in [9.17, 15) is 5.41 Å². The molecule has 0 radical (unpaired) electrons. The summed E-state index contributed by atoms with van der Waals surface area (Å²) < 4.78 is 5.49. The summed E-state index contributed by atoms with van der Waals surface area (Å²) in [6.45, 7) is 15.4. The molecule has 4 rings (SSSR count). The maximum absolute atomic E-state index is 9.77. The second kappa shape index (κ2) is 9.48. The Morgan fingerprint density at radius 3 is 1.94 bits per heavy atom. The number of benzene rings is 3. The maximum atomic E-state index is 9.77. The zero-order valence-electron chi connectivity index (χ0n) is 22.3. The number of allylic oxidation sites excluding steroid dienone is 1. The summed E-state index contributed by atoms with van der Waals surface area (Å²) in [6.07, 6.45) is 2.06. The number of nitrogens with zero attached hydrogens (tertiary/aromatic N) is 1. The van der Waals surface area contributed by atoms with Gasteiger partial charge < -0.3 is 10.1 Å². The zero-order chi connectivity index (χ0) is 26.3. The minimum atomic E-state index is -2.51. The minimum absolute atomic E-state index is 0.194. The molecule has 1 heterocycles. The summed E-state index contributed by atoms with van der Waals surface area (Å²) in [5, 5.41) is 9.74. The van der Waals surface area contributed by atoms with E-state index in [4.69, 9.17) is 16.3 Å². The second-order valence-electron chi connectivity index (χ2n) is 11.3. The third-order valence-corrected chi connectivity index (χ3v) is 10.7. The maximum Gasteiger partial charge on any atom is 0.197 e. The van der Waals surface area contributed by atoms with E-state index in [0.29, 0.717) is 10.7 Å². The number of nitrogens with one attached hydrogen (secondary N) is 1. The molecule has 36 heavy (non-hydrogen) atoms. The Kier molecular flexibility index (Phi) is 6.87. The summed E-state index contributed by atoms with van der Waals surface area (Å²) in [7, 11) is -2.51. The normalized spacial score (nSPS) is 19.0. The fourth-order valence-electron chi connectivity index (χ4n) is 5.15. The summed E-state index contributed by atoms with van der Waals surface area (Å²) in [5.74, 6) is 0. The van der Waals surface area contributed by atoms with Crippen molar-refractivity contribution in [2.45, 2.75) is 52.8 Å². The van der Waals surface area contributed by atoms with Gasteiger partial charge in [0.05, 0.1) is 10.7 Å². The van der Waals surface area contributed by atoms with Crippen molar-refractivity contribution in [2.75, 3.05) is 0 Å². The van der Waals surface area contributed by atoms with Crippen molar-refractivity contribution in [1.82, 2.24) is 0 Å². The highest BCUT2D eigenvalue weighted by atomic mass is 35.5. The van der Waals surface area contributed by atoms with Gasteiger partial charge in [-0.1, -0.05) is 104 Å². The van der Waals surface area contributed by atoms with Crippen LogP contribution < -0.4 is 0 Å². The van der Waals surface area contributed by atoms with Gasteiger partial charge in [-0.05, 0) is 61.8 Å². The topological polar surface area (TPSA) is 36.2 Å². The summed E-state index contributed by atoms with van der Waals surface area (Å²) in [5.41, 5.74) is 11.6. The molecule has 0 aliphatic carbocycles. The summed E-state index contributed by atoms with van der Waals surface area (Å²) in [4.78, 5) is 0. The van der Waals surface area contributed by atoms with E-state index in [-0.39, 0.29) is 5.41 Å². The molecule has 1 atom stereocenters. The molecule has 4 heteroatoms. The van der Waals surface area contributed by atoms with Crippen LogP contribution in [0, 0.1) is 24.7 Å². The van der Waals surface area contributed by atoms with Crippen LogP contribution in [-0.2, 0) is 5.04 Å². The van der Waals surface area contributed by atoms with Gasteiger partial charge in [0, 0.05) is 21.7 Å². The average Bonchev–Trinajstić information content (AvgIpc) is 3.07. The standard InChI is InChI=1S/C32H35ClN2Si/c1-22-8-12-24(13-9-22)14-21-28-30(31(3,4)5)35-36(6,7)32(28,26-17-10-23(2)11-18-26)29(34)25-15-19-27(33)20-16-25/h8-20,34H,1-7H3. The fourth-order valence-corrected chi connectivity index (χ4v) is 8.88. The van der Waals surface area contributed by atoms with E-state index < -0.39 is 13.3 Å². The molecule has 3 aromatic rings. The van der Waals surface area contributed by atoms with Crippen LogP contribution >= 0.6 is 11.6 Å². The second-order valence-corrected chi connectivity index (χ2v) is 15.9. The molecule has 1 unspecified atom stereocenters. The molecule has 0 fully saturated rings. The smallest absolute Gasteiger partial charge is 0.197 e. The molecular formula is C32H35ClN2Si. The van der Waals surface area contributed by atoms with Gasteiger partial charge >= 0.3 is 0 Å². The molecule has 0 saturated carbocycles. The molecule has 1 aliphatic rings. The van der Waals surface area contributed by atoms with Gasteiger partial charge in [0.2, 0.25) is 0 Å². The van der Waals surface area contributed by atoms with Crippen molar-refractivity contribution in [3.8, 4) is 0 Å². The van der Waals surface area contributed by atoms with Gasteiger partial charge in [-0.2, -0.15) is 0 Å². The molecule has 0 aromatic heterocycles. The predicted octanol–water partition coefficient (Wildman–Crippen LogP) is 8.75. The van der Waals surface area contributed by atoms with Crippen molar-refractivity contribution < 1.29 is 0 Å². The van der Waals surface area contributed by atoms with Gasteiger partial charge in [0.1, 0.15) is 0 Å². The number of halogens is 1. The monoisotopic (exact) mass is 510 g/mol. The molecule has 0 amide bonds. The van der Waals surface area contributed by atoms with Crippen molar-refractivity contribution in [3.05, 3.63) is 117 Å². The van der Waals surface area contributed by atoms with E-state index >= 15 is 0 Å². The van der Waals surface area contributed by atoms with Gasteiger partial charge in [0.15, 0.2) is 8.24 Å². The highest BCUT2D eigenvalue weighted by Gasteiger charge is 2.61. The highest BCUT2D eigenvalue weighted by molar-refractivity contribution is 6.87. The molecule has 1 N–H and O–H groups in total. The van der Waals surface area contributed by atoms with Gasteiger partial charge in [-0.25, -0.2) is 0 Å². The third kappa shape index (κ3) is 4.59. The van der Waals surface area contributed by atoms with Crippen LogP contribution in [0.2, 0.25) is 18.1 Å². The molecule has 3 aromatic carbocycles. The first-order valence-electron chi connectivity index (χ1n) is 12.4. The Labute approximate surface area is 222 Å². The Morgan fingerprint density at radius 1 is 0.889 bits per heavy atom. The van der Waals surface area contributed by atoms with Crippen LogP contribution in [0.4, 0.5) is 0 Å². The van der Waals surface area contributed by atoms with Crippen LogP contribution in [0.1, 0.15) is 48.6 Å². The van der Waals surface area contributed by atoms with E-state index in [1.54, 1.807) is 0 Å². The zero-order valence-corrected chi connectivity index (χ0v) is 24.1. The van der Waals surface area contributed by atoms with E-state index in [1.807, 2.05) is 24.3 Å². The molecule has 0 spiro atoms. The van der Waals surface area contributed by atoms with Gasteiger partial charge in [-0.15, -0.1) is 5.73 Å². The van der Waals surface area contributed by atoms with Crippen molar-refractivity contribution in [2.24, 2.45) is 10.1 Å². The molecule has 2 nitrogen and oxygen atoms in total. The number of hydrogen-bond donors (Lipinski definition) is 1. The Balaban J connectivity index is 2.09. The summed E-state index contributed by atoms with van der Waals surface area (Å²) in [6, 6.07) is 24.8. The molecule has 0 saturated heterocycles. The van der Waals surface area contributed by atoms with Crippen molar-refractivity contribution >= 4 is 37.3 Å². The number of rotatable bonds is 4. The first kappa shape index (κ1) is 26.1. The van der Waals surface area contributed by atoms with Gasteiger partial charge in [-0.3, -0.25) is 0 Å². The molecule has 184 valence electrons. The highest BCUT2D eigenvalue weighted by Crippen LogP contribution is 2.51. The SMILES string of the molecule is Cc1ccc(C=C=C2C(C(C)(C)C)=N[Si](C)(C)C2(C(=N)c2ccc(Cl)cc2)c2ccc(C)cc2)cc1. The summed E-state index contributed by atoms with van der Waals surface area (Å²) >= 11 is 6.23. The lowest BCUT2D eigenvalue weighted by Crippen LogP contribution is -2.55. The van der Waals surface area contributed by atoms with Crippen LogP contribution in [0.25, 0.3) is 6.08 Å². The lowest BCUT2D eigenvalue weighted by Gasteiger charge is -2.40. The van der Waals surface area contributed by atoms with E-state index in [0.717, 1.165) is 28.0 Å². The quantitative estimate of drug-likeness (QED) is 0.207. The van der Waals surface area contributed by atoms with Gasteiger partial charge in [0.25, 0.3) is 0 Å². The predicted molar refractivity (Wildman–Crippen MR) is 158 cm³/mol. The van der Waals surface area contributed by atoms with E-state index in [2.05, 4.69) is 108 Å². The lowest BCUT2D eigenvalue weighted by atomic mass is 9.74. The Morgan fingerprint density at radius 2 is 1.42 bits per heavy atom. The average molecular weight is 511 g/mol. The van der Waals surface area contributed by atoms with Crippen LogP contribution in [0.5, 0.6) is 0 Å². The first-order chi connectivity index (χ1) is 16.9. The molecular weight excluding hydrogens is 476 g/mol. The van der Waals surface area contributed by atoms with Crippen LogP contribution in [0.3, 0.4) is 0 Å². The van der Waals surface area contributed by atoms with Crippen molar-refractivity contribution in [1.29, 1.82) is 5.41 Å². The van der Waals surface area contributed by atoms with Crippen molar-refractivity contribution in [3.63, 3.8) is 0 Å². The molecule has 1 aliphatic heterocycles. The number of aryl methyl sites for hydroxylation is 2. The largest absolute Gasteiger partial charge is 0.323 e. The third-order valence-electron chi connectivity index (χ3n) is 7.08. The lowest BCUT2D eigenvalue weighted by molar-refractivity contribution is 0.591. The first-order valence-corrected chi connectivity index (χ1v) is 15.8. The molecule has 0 bridgehead atoms. The Hall–Kier alpha value is -2.97. The number of hydrogen-bond acceptors (Lipinski definition) is 2. The van der Waals surface area contributed by atoms with E-state index in [1.165, 1.54) is 11.1 Å². The van der Waals surface area contributed by atoms with Crippen LogP contribution in [0.15, 0.2) is 88.8 Å². The Bertz CT molecular complexity index is 1380.